The second-order valence-corrected chi connectivity index (χ2v) is 5.59. The Bertz CT molecular complexity index is 643. The first kappa shape index (κ1) is 18.1. The quantitative estimate of drug-likeness (QED) is 0.717. The summed E-state index contributed by atoms with van der Waals surface area (Å²) in [6, 6.07) is 14.1. The van der Waals surface area contributed by atoms with Crippen molar-refractivity contribution in [2.75, 3.05) is 13.2 Å². The minimum absolute atomic E-state index is 0.0462. The number of rotatable bonds is 8. The van der Waals surface area contributed by atoms with E-state index in [-0.39, 0.29) is 12.5 Å². The molecule has 0 aliphatic rings. The van der Waals surface area contributed by atoms with Crippen molar-refractivity contribution in [3.8, 4) is 17.2 Å². The zero-order valence-electron chi connectivity index (χ0n) is 13.4. The molecule has 0 radical (unpaired) electrons. The van der Waals surface area contributed by atoms with Crippen LogP contribution in [0.25, 0.3) is 0 Å². The van der Waals surface area contributed by atoms with E-state index in [0.29, 0.717) is 35.2 Å². The molecule has 128 valence electrons. The SMILES string of the molecule is CC(Oc1ccc(Oc2ccc(Cl)cc2)cc1)C(=O)NCCCO. The topological polar surface area (TPSA) is 67.8 Å². The predicted molar refractivity (Wildman–Crippen MR) is 92.8 cm³/mol. The molecule has 2 rings (SSSR count). The van der Waals surface area contributed by atoms with Crippen LogP contribution in [0.2, 0.25) is 5.02 Å². The fraction of sp³-hybridized carbons (Fsp3) is 0.278. The Balaban J connectivity index is 1.87. The van der Waals surface area contributed by atoms with Crippen LogP contribution in [0.15, 0.2) is 48.5 Å². The maximum atomic E-state index is 11.8. The van der Waals surface area contributed by atoms with Gasteiger partial charge in [0.1, 0.15) is 17.2 Å². The fourth-order valence-electron chi connectivity index (χ4n) is 1.92. The van der Waals surface area contributed by atoms with Crippen molar-refractivity contribution in [2.24, 2.45) is 0 Å². The standard InChI is InChI=1S/C18H20ClNO4/c1-13(18(22)20-11-2-12-21)23-15-7-9-17(10-8-15)24-16-5-3-14(19)4-6-16/h3-10,13,21H,2,11-12H2,1H3,(H,20,22). The Morgan fingerprint density at radius 1 is 1.08 bits per heavy atom. The monoisotopic (exact) mass is 349 g/mol. The summed E-state index contributed by atoms with van der Waals surface area (Å²) < 4.78 is 11.3. The summed E-state index contributed by atoms with van der Waals surface area (Å²) in [5, 5.41) is 12.0. The summed E-state index contributed by atoms with van der Waals surface area (Å²) in [6.45, 7) is 2.15. The van der Waals surface area contributed by atoms with Gasteiger partial charge in [0.05, 0.1) is 0 Å². The highest BCUT2D eigenvalue weighted by Crippen LogP contribution is 2.25. The Labute approximate surface area is 146 Å². The van der Waals surface area contributed by atoms with Gasteiger partial charge in [-0.2, -0.15) is 0 Å². The van der Waals surface area contributed by atoms with Crippen molar-refractivity contribution in [1.29, 1.82) is 0 Å². The fourth-order valence-corrected chi connectivity index (χ4v) is 2.04. The third kappa shape index (κ3) is 5.76. The van der Waals surface area contributed by atoms with Gasteiger partial charge in [-0.25, -0.2) is 0 Å². The van der Waals surface area contributed by atoms with Gasteiger partial charge in [0.2, 0.25) is 0 Å². The number of carbonyl (C=O) groups excluding carboxylic acids is 1. The average Bonchev–Trinajstić information content (AvgIpc) is 2.58. The number of benzene rings is 2. The van der Waals surface area contributed by atoms with E-state index < -0.39 is 6.10 Å². The maximum Gasteiger partial charge on any atom is 0.260 e. The molecule has 0 bridgehead atoms. The van der Waals surface area contributed by atoms with Gasteiger partial charge in [-0.1, -0.05) is 11.6 Å². The van der Waals surface area contributed by atoms with Crippen LogP contribution in [0.3, 0.4) is 0 Å². The van der Waals surface area contributed by atoms with Gasteiger partial charge in [0.15, 0.2) is 6.10 Å². The molecule has 24 heavy (non-hydrogen) atoms. The van der Waals surface area contributed by atoms with Gasteiger partial charge in [-0.15, -0.1) is 0 Å². The zero-order chi connectivity index (χ0) is 17.4. The van der Waals surface area contributed by atoms with E-state index in [2.05, 4.69) is 5.32 Å². The van der Waals surface area contributed by atoms with Gasteiger partial charge in [0, 0.05) is 18.2 Å². The molecule has 0 saturated carbocycles. The summed E-state index contributed by atoms with van der Waals surface area (Å²) >= 11 is 5.83. The normalized spacial score (nSPS) is 11.6. The van der Waals surface area contributed by atoms with Gasteiger partial charge in [-0.05, 0) is 61.9 Å². The van der Waals surface area contributed by atoms with Crippen LogP contribution in [-0.4, -0.2) is 30.3 Å². The second-order valence-electron chi connectivity index (χ2n) is 5.16. The number of hydrogen-bond donors (Lipinski definition) is 2. The van der Waals surface area contributed by atoms with Gasteiger partial charge in [-0.3, -0.25) is 4.79 Å². The van der Waals surface area contributed by atoms with Crippen molar-refractivity contribution in [1.82, 2.24) is 5.32 Å². The lowest BCUT2D eigenvalue weighted by Crippen LogP contribution is -2.37. The average molecular weight is 350 g/mol. The van der Waals surface area contributed by atoms with Crippen LogP contribution in [0, 0.1) is 0 Å². The third-order valence-electron chi connectivity index (χ3n) is 3.19. The molecule has 0 aliphatic heterocycles. The van der Waals surface area contributed by atoms with E-state index in [1.807, 2.05) is 0 Å². The van der Waals surface area contributed by atoms with Crippen LogP contribution in [-0.2, 0) is 4.79 Å². The largest absolute Gasteiger partial charge is 0.481 e. The van der Waals surface area contributed by atoms with E-state index in [1.54, 1.807) is 55.5 Å². The summed E-state index contributed by atoms with van der Waals surface area (Å²) in [5.41, 5.74) is 0. The molecule has 1 atom stereocenters. The first-order valence-corrected chi connectivity index (χ1v) is 8.05. The second kappa shape index (κ2) is 9.15. The first-order valence-electron chi connectivity index (χ1n) is 7.67. The molecular weight excluding hydrogens is 330 g/mol. The number of hydrogen-bond acceptors (Lipinski definition) is 4. The van der Waals surface area contributed by atoms with Crippen LogP contribution in [0.1, 0.15) is 13.3 Å². The molecule has 2 N–H and O–H groups in total. The Kier molecular flexibility index (Phi) is 6.90. The van der Waals surface area contributed by atoms with Crippen molar-refractivity contribution in [3.05, 3.63) is 53.6 Å². The number of aliphatic hydroxyl groups is 1. The maximum absolute atomic E-state index is 11.8. The number of nitrogens with one attached hydrogen (secondary N) is 1. The molecule has 5 nitrogen and oxygen atoms in total. The minimum Gasteiger partial charge on any atom is -0.481 e. The molecule has 2 aromatic carbocycles. The molecule has 1 unspecified atom stereocenters. The molecule has 0 aromatic heterocycles. The number of aliphatic hydroxyl groups excluding tert-OH is 1. The van der Waals surface area contributed by atoms with Crippen LogP contribution < -0.4 is 14.8 Å². The molecule has 1 amide bonds. The Morgan fingerprint density at radius 2 is 1.62 bits per heavy atom. The smallest absolute Gasteiger partial charge is 0.260 e. The van der Waals surface area contributed by atoms with Crippen molar-refractivity contribution < 1.29 is 19.4 Å². The van der Waals surface area contributed by atoms with E-state index >= 15 is 0 Å². The lowest BCUT2D eigenvalue weighted by Gasteiger charge is -2.15. The lowest BCUT2D eigenvalue weighted by atomic mass is 10.3. The Hall–Kier alpha value is -2.24. The van der Waals surface area contributed by atoms with Gasteiger partial charge >= 0.3 is 0 Å². The molecule has 0 aliphatic carbocycles. The number of amides is 1. The Morgan fingerprint density at radius 3 is 2.21 bits per heavy atom. The highest BCUT2D eigenvalue weighted by molar-refractivity contribution is 6.30. The summed E-state index contributed by atoms with van der Waals surface area (Å²) in [4.78, 5) is 11.8. The van der Waals surface area contributed by atoms with E-state index in [9.17, 15) is 4.79 Å². The highest BCUT2D eigenvalue weighted by Gasteiger charge is 2.13. The number of carbonyl (C=O) groups is 1. The van der Waals surface area contributed by atoms with E-state index in [1.165, 1.54) is 0 Å². The van der Waals surface area contributed by atoms with E-state index in [0.717, 1.165) is 0 Å². The molecule has 0 spiro atoms. The molecule has 0 heterocycles. The van der Waals surface area contributed by atoms with Crippen LogP contribution >= 0.6 is 11.6 Å². The third-order valence-corrected chi connectivity index (χ3v) is 3.44. The van der Waals surface area contributed by atoms with Gasteiger partial charge < -0.3 is 19.9 Å². The summed E-state index contributed by atoms with van der Waals surface area (Å²) in [6.07, 6.45) is -0.0958. The van der Waals surface area contributed by atoms with Crippen molar-refractivity contribution in [3.63, 3.8) is 0 Å². The van der Waals surface area contributed by atoms with Crippen molar-refractivity contribution in [2.45, 2.75) is 19.4 Å². The lowest BCUT2D eigenvalue weighted by molar-refractivity contribution is -0.127. The summed E-state index contributed by atoms with van der Waals surface area (Å²) in [7, 11) is 0. The zero-order valence-corrected chi connectivity index (χ0v) is 14.1. The van der Waals surface area contributed by atoms with Crippen LogP contribution in [0.4, 0.5) is 0 Å². The molecule has 0 saturated heterocycles. The van der Waals surface area contributed by atoms with Gasteiger partial charge in [0.25, 0.3) is 5.91 Å². The molecule has 2 aromatic rings. The predicted octanol–water partition coefficient (Wildman–Crippen LogP) is 3.40. The molecule has 0 fully saturated rings. The van der Waals surface area contributed by atoms with E-state index in [4.69, 9.17) is 26.2 Å². The van der Waals surface area contributed by atoms with Crippen LogP contribution in [0.5, 0.6) is 17.2 Å². The number of ether oxygens (including phenoxy) is 2. The minimum atomic E-state index is -0.619. The first-order chi connectivity index (χ1) is 11.6. The molecular formula is C18H20ClNO4. The number of halogens is 1. The summed E-state index contributed by atoms with van der Waals surface area (Å²) in [5.74, 6) is 1.70. The van der Waals surface area contributed by atoms with Crippen molar-refractivity contribution >= 4 is 17.5 Å². The highest BCUT2D eigenvalue weighted by atomic mass is 35.5. The molecule has 6 heteroatoms.